The molecule has 0 saturated carbocycles. The van der Waals surface area contributed by atoms with E-state index in [4.69, 9.17) is 4.74 Å². The van der Waals surface area contributed by atoms with Gasteiger partial charge in [0.1, 0.15) is 12.1 Å². The largest absolute Gasteiger partial charge is 0.493 e. The topological polar surface area (TPSA) is 94.4 Å². The van der Waals surface area contributed by atoms with Gasteiger partial charge in [-0.05, 0) is 48.7 Å². The van der Waals surface area contributed by atoms with Crippen molar-refractivity contribution in [3.8, 4) is 5.75 Å². The van der Waals surface area contributed by atoms with Crippen molar-refractivity contribution in [1.29, 1.82) is 0 Å². The monoisotopic (exact) mass is 412 g/mol. The number of hydrogen-bond acceptors (Lipinski definition) is 6. The number of aromatic nitrogens is 3. The first-order chi connectivity index (χ1) is 14.0. The maximum atomic E-state index is 13.1. The Morgan fingerprint density at radius 1 is 1.10 bits per heavy atom. The molecule has 0 spiro atoms. The predicted octanol–water partition coefficient (Wildman–Crippen LogP) is 1.75. The standard InChI is InChI=1S/C20H20N4O4S/c25-20-17-2-1-8-21-19(17)22-13-24(20)15-5-9-23(10-6-15)29(26,27)16-3-4-18-14(12-16)7-11-28-18/h1-4,8,12-13,15H,5-7,9-11H2. The van der Waals surface area contributed by atoms with E-state index in [0.29, 0.717) is 48.5 Å². The fourth-order valence-corrected chi connectivity index (χ4v) is 5.59. The van der Waals surface area contributed by atoms with Crippen molar-refractivity contribution in [1.82, 2.24) is 18.8 Å². The number of rotatable bonds is 3. The Hall–Kier alpha value is -2.78. The van der Waals surface area contributed by atoms with Gasteiger partial charge in [0.2, 0.25) is 10.0 Å². The normalized spacial score (nSPS) is 17.9. The number of benzene rings is 1. The van der Waals surface area contributed by atoms with Crippen LogP contribution in [0.5, 0.6) is 5.75 Å². The highest BCUT2D eigenvalue weighted by Gasteiger charge is 2.31. The second-order valence-electron chi connectivity index (χ2n) is 7.33. The van der Waals surface area contributed by atoms with Crippen LogP contribution in [0.1, 0.15) is 24.4 Å². The summed E-state index contributed by atoms with van der Waals surface area (Å²) in [5.74, 6) is 0.764. The molecular weight excluding hydrogens is 392 g/mol. The quantitative estimate of drug-likeness (QED) is 0.651. The van der Waals surface area contributed by atoms with Crippen LogP contribution < -0.4 is 10.3 Å². The molecule has 2 aliphatic rings. The highest BCUT2D eigenvalue weighted by atomic mass is 32.2. The molecule has 0 bridgehead atoms. The Kier molecular flexibility index (Phi) is 4.36. The van der Waals surface area contributed by atoms with Crippen molar-refractivity contribution in [2.75, 3.05) is 19.7 Å². The van der Waals surface area contributed by atoms with E-state index in [9.17, 15) is 13.2 Å². The summed E-state index contributed by atoms with van der Waals surface area (Å²) < 4.78 is 34.7. The average Bonchev–Trinajstić information content (AvgIpc) is 3.22. The molecule has 0 N–H and O–H groups in total. The van der Waals surface area contributed by atoms with Crippen LogP contribution in [-0.4, -0.2) is 47.0 Å². The van der Waals surface area contributed by atoms with Gasteiger partial charge < -0.3 is 4.74 Å². The number of fused-ring (bicyclic) bond motifs is 2. The molecule has 1 saturated heterocycles. The second kappa shape index (κ2) is 6.93. The molecule has 8 nitrogen and oxygen atoms in total. The molecule has 29 heavy (non-hydrogen) atoms. The highest BCUT2D eigenvalue weighted by molar-refractivity contribution is 7.89. The molecule has 2 aliphatic heterocycles. The summed E-state index contributed by atoms with van der Waals surface area (Å²) >= 11 is 0. The SMILES string of the molecule is O=c1c2cccnc2ncn1C1CCN(S(=O)(=O)c2ccc3c(c2)CCO3)CC1. The first-order valence-electron chi connectivity index (χ1n) is 9.62. The van der Waals surface area contributed by atoms with Gasteiger partial charge >= 0.3 is 0 Å². The molecular formula is C20H20N4O4S. The van der Waals surface area contributed by atoms with Gasteiger partial charge in [0.15, 0.2) is 5.65 Å². The van der Waals surface area contributed by atoms with Crippen molar-refractivity contribution in [2.45, 2.75) is 30.2 Å². The number of sulfonamides is 1. The predicted molar refractivity (Wildman–Crippen MR) is 106 cm³/mol. The van der Waals surface area contributed by atoms with Crippen LogP contribution in [0.2, 0.25) is 0 Å². The van der Waals surface area contributed by atoms with Gasteiger partial charge in [-0.2, -0.15) is 4.31 Å². The third-order valence-corrected chi connectivity index (χ3v) is 7.57. The summed E-state index contributed by atoms with van der Waals surface area (Å²) in [4.78, 5) is 21.5. The van der Waals surface area contributed by atoms with Crippen LogP contribution in [0.4, 0.5) is 0 Å². The van der Waals surface area contributed by atoms with E-state index in [-0.39, 0.29) is 11.6 Å². The zero-order valence-corrected chi connectivity index (χ0v) is 16.5. The Morgan fingerprint density at radius 2 is 1.93 bits per heavy atom. The number of hydrogen-bond donors (Lipinski definition) is 0. The van der Waals surface area contributed by atoms with Gasteiger partial charge in [-0.1, -0.05) is 0 Å². The minimum Gasteiger partial charge on any atom is -0.493 e. The number of pyridine rings is 1. The van der Waals surface area contributed by atoms with Gasteiger partial charge in [-0.25, -0.2) is 18.4 Å². The zero-order chi connectivity index (χ0) is 20.0. The number of nitrogens with zero attached hydrogens (tertiary/aromatic N) is 4. The lowest BCUT2D eigenvalue weighted by Crippen LogP contribution is -2.40. The van der Waals surface area contributed by atoms with Crippen LogP contribution in [0.25, 0.3) is 11.0 Å². The molecule has 2 aromatic heterocycles. The average molecular weight is 412 g/mol. The van der Waals surface area contributed by atoms with Crippen molar-refractivity contribution >= 4 is 21.1 Å². The van der Waals surface area contributed by atoms with E-state index in [1.54, 1.807) is 41.1 Å². The molecule has 4 heterocycles. The van der Waals surface area contributed by atoms with Gasteiger partial charge in [0, 0.05) is 31.7 Å². The second-order valence-corrected chi connectivity index (χ2v) is 9.27. The summed E-state index contributed by atoms with van der Waals surface area (Å²) in [6, 6.07) is 8.40. The number of ether oxygens (including phenoxy) is 1. The summed E-state index contributed by atoms with van der Waals surface area (Å²) in [5, 5.41) is 0.477. The lowest BCUT2D eigenvalue weighted by atomic mass is 10.1. The van der Waals surface area contributed by atoms with Crippen LogP contribution in [-0.2, 0) is 16.4 Å². The molecule has 0 unspecified atom stereocenters. The van der Waals surface area contributed by atoms with Gasteiger partial charge in [0.05, 0.1) is 16.9 Å². The number of piperidine rings is 1. The Bertz CT molecular complexity index is 1250. The van der Waals surface area contributed by atoms with Gasteiger partial charge in [0.25, 0.3) is 5.56 Å². The first-order valence-corrected chi connectivity index (χ1v) is 11.1. The first kappa shape index (κ1) is 18.3. The van der Waals surface area contributed by atoms with E-state index in [0.717, 1.165) is 17.7 Å². The molecule has 0 atom stereocenters. The molecule has 9 heteroatoms. The van der Waals surface area contributed by atoms with Crippen LogP contribution >= 0.6 is 0 Å². The van der Waals surface area contributed by atoms with E-state index in [1.165, 1.54) is 10.6 Å². The molecule has 1 aromatic carbocycles. The van der Waals surface area contributed by atoms with E-state index in [2.05, 4.69) is 9.97 Å². The van der Waals surface area contributed by atoms with Crippen LogP contribution in [0.3, 0.4) is 0 Å². The van der Waals surface area contributed by atoms with Crippen molar-refractivity contribution in [2.24, 2.45) is 0 Å². The highest BCUT2D eigenvalue weighted by Crippen LogP contribution is 2.31. The molecule has 5 rings (SSSR count). The summed E-state index contributed by atoms with van der Waals surface area (Å²) in [5.41, 5.74) is 1.22. The fourth-order valence-electron chi connectivity index (χ4n) is 4.07. The summed E-state index contributed by atoms with van der Waals surface area (Å²) in [7, 11) is -3.57. The maximum absolute atomic E-state index is 13.1. The lowest BCUT2D eigenvalue weighted by molar-refractivity contribution is 0.269. The lowest BCUT2D eigenvalue weighted by Gasteiger charge is -2.32. The van der Waals surface area contributed by atoms with Crippen LogP contribution in [0.15, 0.2) is 52.5 Å². The molecule has 3 aromatic rings. The Morgan fingerprint density at radius 3 is 2.76 bits per heavy atom. The van der Waals surface area contributed by atoms with Crippen LogP contribution in [0, 0.1) is 0 Å². The maximum Gasteiger partial charge on any atom is 0.263 e. The Labute approximate surface area is 167 Å². The smallest absolute Gasteiger partial charge is 0.263 e. The fraction of sp³-hybridized carbons (Fsp3) is 0.350. The van der Waals surface area contributed by atoms with Gasteiger partial charge in [-0.3, -0.25) is 9.36 Å². The molecule has 150 valence electrons. The van der Waals surface area contributed by atoms with Gasteiger partial charge in [-0.15, -0.1) is 0 Å². The third kappa shape index (κ3) is 3.10. The summed E-state index contributed by atoms with van der Waals surface area (Å²) in [6.45, 7) is 1.31. The molecule has 0 amide bonds. The van der Waals surface area contributed by atoms with E-state index in [1.807, 2.05) is 0 Å². The zero-order valence-electron chi connectivity index (χ0n) is 15.7. The third-order valence-electron chi connectivity index (χ3n) is 5.67. The summed E-state index contributed by atoms with van der Waals surface area (Å²) in [6.07, 6.45) is 4.97. The van der Waals surface area contributed by atoms with Crippen molar-refractivity contribution < 1.29 is 13.2 Å². The molecule has 0 aliphatic carbocycles. The van der Waals surface area contributed by atoms with Crippen molar-refractivity contribution in [3.05, 3.63) is 58.8 Å². The van der Waals surface area contributed by atoms with E-state index < -0.39 is 10.0 Å². The molecule has 0 radical (unpaired) electrons. The minimum atomic E-state index is -3.57. The van der Waals surface area contributed by atoms with Crippen molar-refractivity contribution in [3.63, 3.8) is 0 Å². The Balaban J connectivity index is 1.36. The minimum absolute atomic E-state index is 0.0838. The molecule has 1 fully saturated rings. The van der Waals surface area contributed by atoms with E-state index >= 15 is 0 Å².